The molecule has 0 radical (unpaired) electrons. The maximum absolute atomic E-state index is 11.3. The molecule has 68 valence electrons. The van der Waals surface area contributed by atoms with E-state index in [9.17, 15) is 4.79 Å². The molecule has 0 bridgehead atoms. The molecule has 1 amide bonds. The Bertz CT molecular complexity index is 414. The molecule has 0 aromatic heterocycles. The first kappa shape index (κ1) is 9.89. The first-order valence-electron chi connectivity index (χ1n) is 4.01. The van der Waals surface area contributed by atoms with Crippen molar-refractivity contribution in [1.82, 2.24) is 5.32 Å². The molecule has 1 rings (SSSR count). The van der Waals surface area contributed by atoms with Crippen LogP contribution in [0, 0.1) is 24.7 Å². The summed E-state index contributed by atoms with van der Waals surface area (Å²) in [7, 11) is 1.56. The topological polar surface area (TPSA) is 29.1 Å². The highest BCUT2D eigenvalue weighted by molar-refractivity contribution is 5.94. The van der Waals surface area contributed by atoms with Crippen LogP contribution in [0.2, 0.25) is 0 Å². The van der Waals surface area contributed by atoms with Gasteiger partial charge in [-0.2, -0.15) is 0 Å². The van der Waals surface area contributed by atoms with E-state index in [0.717, 1.165) is 0 Å². The predicted octanol–water partition coefficient (Wildman–Crippen LogP) is 1.01. The fraction of sp³-hybridized carbons (Fsp3) is 0.0833. The van der Waals surface area contributed by atoms with Gasteiger partial charge in [0.2, 0.25) is 0 Å². The average Bonchev–Trinajstić information content (AvgIpc) is 2.27. The molecule has 0 saturated carbocycles. The molecule has 0 heterocycles. The van der Waals surface area contributed by atoms with E-state index in [0.29, 0.717) is 16.7 Å². The van der Waals surface area contributed by atoms with Crippen molar-refractivity contribution in [2.45, 2.75) is 0 Å². The van der Waals surface area contributed by atoms with Gasteiger partial charge in [-0.3, -0.25) is 4.79 Å². The van der Waals surface area contributed by atoms with Crippen molar-refractivity contribution in [3.8, 4) is 24.7 Å². The molecule has 1 aromatic carbocycles. The van der Waals surface area contributed by atoms with Crippen LogP contribution in [0.4, 0.5) is 0 Å². The second-order valence-electron chi connectivity index (χ2n) is 2.67. The summed E-state index contributed by atoms with van der Waals surface area (Å²) in [4.78, 5) is 11.3. The summed E-state index contributed by atoms with van der Waals surface area (Å²) in [5.74, 6) is 4.70. The molecule has 0 spiro atoms. The van der Waals surface area contributed by atoms with Gasteiger partial charge in [-0.05, 0) is 18.2 Å². The average molecular weight is 183 g/mol. The zero-order chi connectivity index (χ0) is 10.6. The lowest BCUT2D eigenvalue weighted by molar-refractivity contribution is 0.0963. The number of carbonyl (C=O) groups is 1. The smallest absolute Gasteiger partial charge is 0.251 e. The summed E-state index contributed by atoms with van der Waals surface area (Å²) < 4.78 is 0. The van der Waals surface area contributed by atoms with Crippen LogP contribution in [0.1, 0.15) is 21.5 Å². The van der Waals surface area contributed by atoms with Crippen LogP contribution in [0.25, 0.3) is 0 Å². The number of rotatable bonds is 1. The van der Waals surface area contributed by atoms with E-state index in [-0.39, 0.29) is 5.91 Å². The Kier molecular flexibility index (Phi) is 2.94. The fourth-order valence-corrected chi connectivity index (χ4v) is 1.07. The van der Waals surface area contributed by atoms with Crippen LogP contribution in [-0.4, -0.2) is 13.0 Å². The van der Waals surface area contributed by atoms with Gasteiger partial charge in [0.25, 0.3) is 5.91 Å². The fourth-order valence-electron chi connectivity index (χ4n) is 1.07. The highest BCUT2D eigenvalue weighted by atomic mass is 16.1. The molecule has 1 aromatic rings. The summed E-state index contributed by atoms with van der Waals surface area (Å²) in [6.45, 7) is 0. The van der Waals surface area contributed by atoms with Crippen molar-refractivity contribution >= 4 is 5.91 Å². The largest absolute Gasteiger partial charge is 0.355 e. The van der Waals surface area contributed by atoms with Gasteiger partial charge in [-0.15, -0.1) is 12.8 Å². The second kappa shape index (κ2) is 4.16. The maximum Gasteiger partial charge on any atom is 0.251 e. The third kappa shape index (κ3) is 1.94. The molecule has 2 heteroatoms. The molecule has 2 nitrogen and oxygen atoms in total. The highest BCUT2D eigenvalue weighted by Gasteiger charge is 2.04. The van der Waals surface area contributed by atoms with Crippen molar-refractivity contribution < 1.29 is 4.79 Å². The Hall–Kier alpha value is -2.19. The Morgan fingerprint density at radius 1 is 1.21 bits per heavy atom. The van der Waals surface area contributed by atoms with Crippen molar-refractivity contribution in [2.75, 3.05) is 7.05 Å². The number of nitrogens with one attached hydrogen (secondary N) is 1. The predicted molar refractivity (Wildman–Crippen MR) is 55.7 cm³/mol. The Balaban J connectivity index is 3.27. The number of hydrogen-bond acceptors (Lipinski definition) is 1. The molecule has 1 N–H and O–H groups in total. The van der Waals surface area contributed by atoms with Gasteiger partial charge >= 0.3 is 0 Å². The summed E-state index contributed by atoms with van der Waals surface area (Å²) >= 11 is 0. The first-order valence-corrected chi connectivity index (χ1v) is 4.01. The number of amides is 1. The molecule has 0 aliphatic carbocycles. The standard InChI is InChI=1S/C12H9NO/c1-4-9-6-10(5-2)8-11(7-9)12(14)13-3/h1-2,6-8H,3H3,(H,13,14). The molecule has 0 aliphatic heterocycles. The van der Waals surface area contributed by atoms with Crippen molar-refractivity contribution in [3.05, 3.63) is 34.9 Å². The lowest BCUT2D eigenvalue weighted by Gasteiger charge is -2.01. The van der Waals surface area contributed by atoms with E-state index in [1.54, 1.807) is 25.2 Å². The van der Waals surface area contributed by atoms with Gasteiger partial charge in [0.05, 0.1) is 0 Å². The normalized spacial score (nSPS) is 8.50. The molecular formula is C12H9NO. The molecular weight excluding hydrogens is 174 g/mol. The van der Waals surface area contributed by atoms with Crippen LogP contribution in [0.3, 0.4) is 0 Å². The van der Waals surface area contributed by atoms with Crippen LogP contribution >= 0.6 is 0 Å². The molecule has 0 fully saturated rings. The minimum absolute atomic E-state index is 0.196. The number of terminal acetylenes is 2. The van der Waals surface area contributed by atoms with E-state index < -0.39 is 0 Å². The zero-order valence-corrected chi connectivity index (χ0v) is 7.79. The van der Waals surface area contributed by atoms with Gasteiger partial charge in [0.1, 0.15) is 0 Å². The van der Waals surface area contributed by atoms with E-state index in [1.807, 2.05) is 0 Å². The first-order chi connectivity index (χ1) is 6.71. The van der Waals surface area contributed by atoms with Crippen LogP contribution in [0.5, 0.6) is 0 Å². The maximum atomic E-state index is 11.3. The zero-order valence-electron chi connectivity index (χ0n) is 7.79. The van der Waals surface area contributed by atoms with E-state index >= 15 is 0 Å². The summed E-state index contributed by atoms with van der Waals surface area (Å²) in [6.07, 6.45) is 10.5. The Labute approximate surface area is 83.3 Å². The van der Waals surface area contributed by atoms with Crippen LogP contribution in [-0.2, 0) is 0 Å². The monoisotopic (exact) mass is 183 g/mol. The van der Waals surface area contributed by atoms with Gasteiger partial charge < -0.3 is 5.32 Å². The summed E-state index contributed by atoms with van der Waals surface area (Å²) in [6, 6.07) is 4.94. The van der Waals surface area contributed by atoms with E-state index in [2.05, 4.69) is 17.2 Å². The molecule has 0 saturated heterocycles. The number of carbonyl (C=O) groups excluding carboxylic acids is 1. The Morgan fingerprint density at radius 2 is 1.71 bits per heavy atom. The van der Waals surface area contributed by atoms with Gasteiger partial charge in [0.15, 0.2) is 0 Å². The summed E-state index contributed by atoms with van der Waals surface area (Å²) in [5.41, 5.74) is 1.70. The van der Waals surface area contributed by atoms with Crippen molar-refractivity contribution in [3.63, 3.8) is 0 Å². The lowest BCUT2D eigenvalue weighted by Crippen LogP contribution is -2.17. The lowest BCUT2D eigenvalue weighted by atomic mass is 10.1. The second-order valence-corrected chi connectivity index (χ2v) is 2.67. The highest BCUT2D eigenvalue weighted by Crippen LogP contribution is 2.08. The van der Waals surface area contributed by atoms with Gasteiger partial charge in [-0.1, -0.05) is 11.8 Å². The third-order valence-electron chi connectivity index (χ3n) is 1.76. The summed E-state index contributed by atoms with van der Waals surface area (Å²) in [5, 5.41) is 2.51. The van der Waals surface area contributed by atoms with Gasteiger partial charge in [0, 0.05) is 23.7 Å². The SMILES string of the molecule is C#Cc1cc(C#C)cc(C(=O)NC)c1. The van der Waals surface area contributed by atoms with Crippen LogP contribution in [0.15, 0.2) is 18.2 Å². The molecule has 0 unspecified atom stereocenters. The van der Waals surface area contributed by atoms with Crippen LogP contribution < -0.4 is 5.32 Å². The van der Waals surface area contributed by atoms with E-state index in [4.69, 9.17) is 12.8 Å². The molecule has 14 heavy (non-hydrogen) atoms. The third-order valence-corrected chi connectivity index (χ3v) is 1.76. The van der Waals surface area contributed by atoms with Crippen molar-refractivity contribution in [2.24, 2.45) is 0 Å². The van der Waals surface area contributed by atoms with E-state index in [1.165, 1.54) is 0 Å². The quantitative estimate of drug-likeness (QED) is 0.647. The minimum Gasteiger partial charge on any atom is -0.355 e. The number of benzene rings is 1. The molecule has 0 aliphatic rings. The van der Waals surface area contributed by atoms with Crippen molar-refractivity contribution in [1.29, 1.82) is 0 Å². The minimum atomic E-state index is -0.196. The Morgan fingerprint density at radius 3 is 2.07 bits per heavy atom. The molecule has 0 atom stereocenters. The number of hydrogen-bond donors (Lipinski definition) is 1. The van der Waals surface area contributed by atoms with Gasteiger partial charge in [-0.25, -0.2) is 0 Å².